The van der Waals surface area contributed by atoms with Crippen molar-refractivity contribution >= 4 is 0 Å². The number of rotatable bonds is 2. The third-order valence-corrected chi connectivity index (χ3v) is 3.76. The molecule has 4 heteroatoms. The average molecular weight is 257 g/mol. The molecule has 1 aromatic carbocycles. The van der Waals surface area contributed by atoms with Crippen molar-refractivity contribution < 1.29 is 13.2 Å². The standard InChI is InChI=1S/C14H18F3N/c15-14(16,17)12-8-4-7-11(9-12)13(18)10-5-2-1-3-6-10/h4,7-10,13H,1-3,5-6,18H2. The van der Waals surface area contributed by atoms with Crippen LogP contribution in [0.5, 0.6) is 0 Å². The highest BCUT2D eigenvalue weighted by atomic mass is 19.4. The van der Waals surface area contributed by atoms with Crippen LogP contribution in [0, 0.1) is 5.92 Å². The van der Waals surface area contributed by atoms with Gasteiger partial charge in [0.1, 0.15) is 0 Å². The van der Waals surface area contributed by atoms with Gasteiger partial charge in [-0.2, -0.15) is 13.2 Å². The van der Waals surface area contributed by atoms with Crippen molar-refractivity contribution in [2.24, 2.45) is 11.7 Å². The third kappa shape index (κ3) is 3.05. The van der Waals surface area contributed by atoms with Crippen molar-refractivity contribution in [1.29, 1.82) is 0 Å². The Hall–Kier alpha value is -1.03. The van der Waals surface area contributed by atoms with E-state index in [0.29, 0.717) is 11.5 Å². The second kappa shape index (κ2) is 5.31. The Morgan fingerprint density at radius 1 is 1.11 bits per heavy atom. The van der Waals surface area contributed by atoms with Crippen LogP contribution in [0.3, 0.4) is 0 Å². The molecule has 1 fully saturated rings. The van der Waals surface area contributed by atoms with Gasteiger partial charge in [-0.05, 0) is 36.5 Å². The van der Waals surface area contributed by atoms with Gasteiger partial charge >= 0.3 is 6.18 Å². The van der Waals surface area contributed by atoms with Crippen LogP contribution in [-0.2, 0) is 6.18 Å². The fourth-order valence-corrected chi connectivity index (χ4v) is 2.69. The number of hydrogen-bond donors (Lipinski definition) is 1. The highest BCUT2D eigenvalue weighted by molar-refractivity contribution is 5.28. The zero-order valence-electron chi connectivity index (χ0n) is 10.2. The number of hydrogen-bond acceptors (Lipinski definition) is 1. The Morgan fingerprint density at radius 2 is 1.78 bits per heavy atom. The van der Waals surface area contributed by atoms with E-state index < -0.39 is 11.7 Å². The molecular formula is C14H18F3N. The van der Waals surface area contributed by atoms with Crippen LogP contribution >= 0.6 is 0 Å². The molecule has 1 saturated carbocycles. The van der Waals surface area contributed by atoms with Crippen LogP contribution < -0.4 is 5.73 Å². The molecule has 0 spiro atoms. The van der Waals surface area contributed by atoms with Crippen LogP contribution in [0.15, 0.2) is 24.3 Å². The summed E-state index contributed by atoms with van der Waals surface area (Å²) in [6.07, 6.45) is 1.25. The van der Waals surface area contributed by atoms with Crippen molar-refractivity contribution in [2.45, 2.75) is 44.3 Å². The van der Waals surface area contributed by atoms with E-state index in [1.165, 1.54) is 18.6 Å². The Balaban J connectivity index is 2.17. The molecule has 1 nitrogen and oxygen atoms in total. The molecule has 0 aromatic heterocycles. The molecule has 1 unspecified atom stereocenters. The molecule has 1 aliphatic carbocycles. The largest absolute Gasteiger partial charge is 0.416 e. The van der Waals surface area contributed by atoms with Crippen molar-refractivity contribution in [3.05, 3.63) is 35.4 Å². The topological polar surface area (TPSA) is 26.0 Å². The van der Waals surface area contributed by atoms with Crippen LogP contribution in [0.25, 0.3) is 0 Å². The van der Waals surface area contributed by atoms with E-state index in [2.05, 4.69) is 0 Å². The van der Waals surface area contributed by atoms with E-state index in [1.807, 2.05) is 0 Å². The summed E-state index contributed by atoms with van der Waals surface area (Å²) in [6.45, 7) is 0. The van der Waals surface area contributed by atoms with E-state index >= 15 is 0 Å². The van der Waals surface area contributed by atoms with Gasteiger partial charge in [0, 0.05) is 6.04 Å². The maximum absolute atomic E-state index is 12.6. The van der Waals surface area contributed by atoms with Gasteiger partial charge in [0.2, 0.25) is 0 Å². The molecule has 0 saturated heterocycles. The van der Waals surface area contributed by atoms with E-state index in [0.717, 1.165) is 31.7 Å². The van der Waals surface area contributed by atoms with Crippen molar-refractivity contribution in [1.82, 2.24) is 0 Å². The molecular weight excluding hydrogens is 239 g/mol. The fraction of sp³-hybridized carbons (Fsp3) is 0.571. The number of halogens is 3. The first-order chi connectivity index (χ1) is 8.48. The summed E-state index contributed by atoms with van der Waals surface area (Å²) >= 11 is 0. The van der Waals surface area contributed by atoms with Crippen LogP contribution in [0.1, 0.15) is 49.3 Å². The lowest BCUT2D eigenvalue weighted by Crippen LogP contribution is -2.24. The highest BCUT2D eigenvalue weighted by Crippen LogP contribution is 2.35. The summed E-state index contributed by atoms with van der Waals surface area (Å²) in [7, 11) is 0. The molecule has 2 N–H and O–H groups in total. The summed E-state index contributed by atoms with van der Waals surface area (Å²) in [5.41, 5.74) is 6.12. The Kier molecular flexibility index (Phi) is 3.95. The first kappa shape index (κ1) is 13.4. The van der Waals surface area contributed by atoms with Crippen molar-refractivity contribution in [2.75, 3.05) is 0 Å². The summed E-state index contributed by atoms with van der Waals surface area (Å²) in [6, 6.07) is 5.17. The molecule has 18 heavy (non-hydrogen) atoms. The molecule has 2 rings (SSSR count). The molecule has 1 aromatic rings. The monoisotopic (exact) mass is 257 g/mol. The van der Waals surface area contributed by atoms with Crippen molar-refractivity contribution in [3.63, 3.8) is 0 Å². The normalized spacial score (nSPS) is 19.8. The lowest BCUT2D eigenvalue weighted by Gasteiger charge is -2.28. The van der Waals surface area contributed by atoms with Crippen LogP contribution in [0.2, 0.25) is 0 Å². The van der Waals surface area contributed by atoms with Gasteiger partial charge < -0.3 is 5.73 Å². The molecule has 1 aliphatic rings. The second-order valence-electron chi connectivity index (χ2n) is 5.05. The zero-order chi connectivity index (χ0) is 13.2. The molecule has 0 radical (unpaired) electrons. The minimum atomic E-state index is -4.29. The second-order valence-corrected chi connectivity index (χ2v) is 5.05. The Bertz CT molecular complexity index is 394. The van der Waals surface area contributed by atoms with Gasteiger partial charge in [-0.3, -0.25) is 0 Å². The first-order valence-electron chi connectivity index (χ1n) is 6.41. The molecule has 0 heterocycles. The Morgan fingerprint density at radius 3 is 2.39 bits per heavy atom. The maximum atomic E-state index is 12.6. The lowest BCUT2D eigenvalue weighted by molar-refractivity contribution is -0.137. The number of nitrogens with two attached hydrogens (primary N) is 1. The maximum Gasteiger partial charge on any atom is 0.416 e. The molecule has 0 amide bonds. The summed E-state index contributed by atoms with van der Waals surface area (Å²) in [4.78, 5) is 0. The highest BCUT2D eigenvalue weighted by Gasteiger charge is 2.31. The van der Waals surface area contributed by atoms with Crippen LogP contribution in [-0.4, -0.2) is 0 Å². The molecule has 0 bridgehead atoms. The fourth-order valence-electron chi connectivity index (χ4n) is 2.69. The zero-order valence-corrected chi connectivity index (χ0v) is 10.2. The SMILES string of the molecule is NC(c1cccc(C(F)(F)F)c1)C1CCCCC1. The van der Waals surface area contributed by atoms with Gasteiger partial charge in [-0.15, -0.1) is 0 Å². The molecule has 100 valence electrons. The number of benzene rings is 1. The van der Waals surface area contributed by atoms with Gasteiger partial charge in [0.25, 0.3) is 0 Å². The van der Waals surface area contributed by atoms with Gasteiger partial charge in [-0.25, -0.2) is 0 Å². The van der Waals surface area contributed by atoms with E-state index in [9.17, 15) is 13.2 Å². The van der Waals surface area contributed by atoms with Gasteiger partial charge in [-0.1, -0.05) is 31.4 Å². The molecule has 0 aliphatic heterocycles. The van der Waals surface area contributed by atoms with Crippen molar-refractivity contribution in [3.8, 4) is 0 Å². The number of alkyl halides is 3. The third-order valence-electron chi connectivity index (χ3n) is 3.76. The minimum Gasteiger partial charge on any atom is -0.324 e. The Labute approximate surface area is 105 Å². The summed E-state index contributed by atoms with van der Waals surface area (Å²) in [5.74, 6) is 0.322. The van der Waals surface area contributed by atoms with Gasteiger partial charge in [0.15, 0.2) is 0 Å². The summed E-state index contributed by atoms with van der Waals surface area (Å²) in [5, 5.41) is 0. The lowest BCUT2D eigenvalue weighted by atomic mass is 9.81. The average Bonchev–Trinajstić information content (AvgIpc) is 2.38. The van der Waals surface area contributed by atoms with Crippen LogP contribution in [0.4, 0.5) is 13.2 Å². The first-order valence-corrected chi connectivity index (χ1v) is 6.41. The molecule has 1 atom stereocenters. The minimum absolute atomic E-state index is 0.271. The van der Waals surface area contributed by atoms with Gasteiger partial charge in [0.05, 0.1) is 5.56 Å². The quantitative estimate of drug-likeness (QED) is 0.840. The summed E-state index contributed by atoms with van der Waals surface area (Å²) < 4.78 is 37.9. The predicted octanol–water partition coefficient (Wildman–Crippen LogP) is 4.29. The predicted molar refractivity (Wildman–Crippen MR) is 64.9 cm³/mol. The van der Waals surface area contributed by atoms with E-state index in [1.54, 1.807) is 6.07 Å². The smallest absolute Gasteiger partial charge is 0.324 e. The van der Waals surface area contributed by atoms with E-state index in [-0.39, 0.29) is 6.04 Å². The van der Waals surface area contributed by atoms with E-state index in [4.69, 9.17) is 5.73 Å².